The van der Waals surface area contributed by atoms with Crippen LogP contribution in [0.25, 0.3) is 0 Å². The van der Waals surface area contributed by atoms with E-state index >= 15 is 0 Å². The first-order valence-electron chi connectivity index (χ1n) is 6.28. The Balaban J connectivity index is 2.46. The van der Waals surface area contributed by atoms with E-state index in [-0.39, 0.29) is 24.5 Å². The number of hydrogen-bond donors (Lipinski definition) is 2. The fourth-order valence-electron chi connectivity index (χ4n) is 1.94. The summed E-state index contributed by atoms with van der Waals surface area (Å²) in [4.78, 5) is 24.8. The Hall–Kier alpha value is -0.910. The molecule has 0 aromatic rings. The van der Waals surface area contributed by atoms with E-state index in [2.05, 4.69) is 5.32 Å². The standard InChI is InChI=1S/C12H22N2O3S/c1-8(2)10(11(15)16)6-13-12(17)14-4-5-18-7-9(14)3/h8-10H,4-7H2,1-3H3,(H,13,17)(H,15,16). The van der Waals surface area contributed by atoms with E-state index in [0.717, 1.165) is 18.1 Å². The zero-order chi connectivity index (χ0) is 13.7. The van der Waals surface area contributed by atoms with Gasteiger partial charge in [0.25, 0.3) is 0 Å². The zero-order valence-corrected chi connectivity index (χ0v) is 12.0. The van der Waals surface area contributed by atoms with Gasteiger partial charge in [-0.05, 0) is 12.8 Å². The zero-order valence-electron chi connectivity index (χ0n) is 11.2. The molecule has 0 aromatic carbocycles. The number of amides is 2. The lowest BCUT2D eigenvalue weighted by Crippen LogP contribution is -2.50. The molecule has 1 heterocycles. The summed E-state index contributed by atoms with van der Waals surface area (Å²) in [5.74, 6) is 0.526. The maximum absolute atomic E-state index is 12.0. The molecule has 0 radical (unpaired) electrons. The van der Waals surface area contributed by atoms with Gasteiger partial charge in [-0.1, -0.05) is 13.8 Å². The minimum absolute atomic E-state index is 0.0112. The van der Waals surface area contributed by atoms with Gasteiger partial charge in [0.05, 0.1) is 5.92 Å². The van der Waals surface area contributed by atoms with Gasteiger partial charge in [-0.2, -0.15) is 11.8 Å². The second-order valence-corrected chi connectivity index (χ2v) is 6.14. The number of carbonyl (C=O) groups is 2. The van der Waals surface area contributed by atoms with E-state index in [1.54, 1.807) is 4.90 Å². The summed E-state index contributed by atoms with van der Waals surface area (Å²) < 4.78 is 0. The molecule has 1 aliphatic rings. The van der Waals surface area contributed by atoms with Crippen LogP contribution < -0.4 is 5.32 Å². The third-order valence-electron chi connectivity index (χ3n) is 3.22. The maximum Gasteiger partial charge on any atom is 0.317 e. The molecule has 1 aliphatic heterocycles. The van der Waals surface area contributed by atoms with Gasteiger partial charge in [-0.15, -0.1) is 0 Å². The Morgan fingerprint density at radius 3 is 2.67 bits per heavy atom. The Morgan fingerprint density at radius 2 is 2.17 bits per heavy atom. The number of hydrogen-bond acceptors (Lipinski definition) is 3. The molecule has 104 valence electrons. The summed E-state index contributed by atoms with van der Waals surface area (Å²) in [6, 6.07) is 0.0702. The van der Waals surface area contributed by atoms with Gasteiger partial charge in [0.2, 0.25) is 0 Å². The van der Waals surface area contributed by atoms with E-state index in [0.29, 0.717) is 0 Å². The van der Waals surface area contributed by atoms with Crippen LogP contribution in [0.5, 0.6) is 0 Å². The predicted octanol–water partition coefficient (Wildman–Crippen LogP) is 1.49. The Bertz CT molecular complexity index is 310. The molecule has 1 rings (SSSR count). The molecule has 2 atom stereocenters. The van der Waals surface area contributed by atoms with Crippen LogP contribution >= 0.6 is 11.8 Å². The highest BCUT2D eigenvalue weighted by molar-refractivity contribution is 7.99. The molecular weight excluding hydrogens is 252 g/mol. The predicted molar refractivity (Wildman–Crippen MR) is 72.9 cm³/mol. The van der Waals surface area contributed by atoms with Crippen molar-refractivity contribution in [3.63, 3.8) is 0 Å². The normalized spacial score (nSPS) is 21.8. The second-order valence-electron chi connectivity index (χ2n) is 4.99. The smallest absolute Gasteiger partial charge is 0.317 e. The molecular formula is C12H22N2O3S. The minimum Gasteiger partial charge on any atom is -0.481 e. The quantitative estimate of drug-likeness (QED) is 0.815. The van der Waals surface area contributed by atoms with Crippen molar-refractivity contribution >= 4 is 23.8 Å². The first-order valence-corrected chi connectivity index (χ1v) is 7.44. The first-order chi connectivity index (χ1) is 8.43. The largest absolute Gasteiger partial charge is 0.481 e. The average molecular weight is 274 g/mol. The van der Waals surface area contributed by atoms with E-state index in [4.69, 9.17) is 5.11 Å². The van der Waals surface area contributed by atoms with Crippen LogP contribution in [-0.2, 0) is 4.79 Å². The van der Waals surface area contributed by atoms with Crippen molar-refractivity contribution in [1.82, 2.24) is 10.2 Å². The van der Waals surface area contributed by atoms with Gasteiger partial charge in [0, 0.05) is 30.6 Å². The number of rotatable bonds is 4. The first kappa shape index (κ1) is 15.1. The van der Waals surface area contributed by atoms with Crippen molar-refractivity contribution in [1.29, 1.82) is 0 Å². The van der Waals surface area contributed by atoms with Crippen molar-refractivity contribution < 1.29 is 14.7 Å². The fraction of sp³-hybridized carbons (Fsp3) is 0.833. The molecule has 2 amide bonds. The van der Waals surface area contributed by atoms with Crippen LogP contribution in [0.3, 0.4) is 0 Å². The minimum atomic E-state index is -0.854. The van der Waals surface area contributed by atoms with Crippen LogP contribution in [0.1, 0.15) is 20.8 Å². The van der Waals surface area contributed by atoms with Gasteiger partial charge >= 0.3 is 12.0 Å². The fourth-order valence-corrected chi connectivity index (χ4v) is 2.95. The molecule has 2 N–H and O–H groups in total. The molecule has 18 heavy (non-hydrogen) atoms. The topological polar surface area (TPSA) is 69.6 Å². The van der Waals surface area contributed by atoms with Gasteiger partial charge in [-0.25, -0.2) is 4.79 Å². The summed E-state index contributed by atoms with van der Waals surface area (Å²) in [6.45, 7) is 6.65. The highest BCUT2D eigenvalue weighted by atomic mass is 32.2. The number of urea groups is 1. The lowest BCUT2D eigenvalue weighted by atomic mass is 9.96. The van der Waals surface area contributed by atoms with Crippen molar-refractivity contribution in [2.45, 2.75) is 26.8 Å². The van der Waals surface area contributed by atoms with Gasteiger partial charge in [0.1, 0.15) is 0 Å². The Morgan fingerprint density at radius 1 is 1.50 bits per heavy atom. The third kappa shape index (κ3) is 4.08. The molecule has 2 unspecified atom stereocenters. The monoisotopic (exact) mass is 274 g/mol. The molecule has 1 saturated heterocycles. The second kappa shape index (κ2) is 6.87. The third-order valence-corrected chi connectivity index (χ3v) is 4.41. The molecule has 1 fully saturated rings. The highest BCUT2D eigenvalue weighted by Gasteiger charge is 2.26. The van der Waals surface area contributed by atoms with Gasteiger partial charge in [-0.3, -0.25) is 4.79 Å². The highest BCUT2D eigenvalue weighted by Crippen LogP contribution is 2.16. The van der Waals surface area contributed by atoms with Crippen LogP contribution in [-0.4, -0.2) is 52.6 Å². The maximum atomic E-state index is 12.0. The van der Waals surface area contributed by atoms with E-state index in [1.807, 2.05) is 32.5 Å². The number of thioether (sulfide) groups is 1. The van der Waals surface area contributed by atoms with Crippen molar-refractivity contribution in [2.24, 2.45) is 11.8 Å². The van der Waals surface area contributed by atoms with Crippen molar-refractivity contribution in [3.05, 3.63) is 0 Å². The van der Waals surface area contributed by atoms with E-state index in [9.17, 15) is 9.59 Å². The summed E-state index contributed by atoms with van der Waals surface area (Å²) in [7, 11) is 0. The lowest BCUT2D eigenvalue weighted by molar-refractivity contribution is -0.142. The SMILES string of the molecule is CC(C)C(CNC(=O)N1CCSCC1C)C(=O)O. The molecule has 0 bridgehead atoms. The van der Waals surface area contributed by atoms with Gasteiger partial charge < -0.3 is 15.3 Å². The van der Waals surface area contributed by atoms with Crippen molar-refractivity contribution in [2.75, 3.05) is 24.6 Å². The number of aliphatic carboxylic acids is 1. The Kier molecular flexibility index (Phi) is 5.78. The van der Waals surface area contributed by atoms with Crippen LogP contribution in [0, 0.1) is 11.8 Å². The van der Waals surface area contributed by atoms with Gasteiger partial charge in [0.15, 0.2) is 0 Å². The Labute approximate surface area is 112 Å². The molecule has 6 heteroatoms. The number of nitrogens with zero attached hydrogens (tertiary/aromatic N) is 1. The molecule has 5 nitrogen and oxygen atoms in total. The molecule has 0 aliphatic carbocycles. The van der Waals surface area contributed by atoms with Crippen LogP contribution in [0.4, 0.5) is 4.79 Å². The summed E-state index contributed by atoms with van der Waals surface area (Å²) in [6.07, 6.45) is 0. The number of carbonyl (C=O) groups excluding carboxylic acids is 1. The number of carboxylic acids is 1. The van der Waals surface area contributed by atoms with Crippen LogP contribution in [0.2, 0.25) is 0 Å². The molecule has 0 spiro atoms. The van der Waals surface area contributed by atoms with Crippen LogP contribution in [0.15, 0.2) is 0 Å². The number of carboxylic acid groups (broad SMARTS) is 1. The average Bonchev–Trinajstić information content (AvgIpc) is 2.28. The number of nitrogens with one attached hydrogen (secondary N) is 1. The summed E-state index contributed by atoms with van der Waals surface area (Å²) in [5.41, 5.74) is 0. The summed E-state index contributed by atoms with van der Waals surface area (Å²) in [5, 5.41) is 11.8. The van der Waals surface area contributed by atoms with Crippen molar-refractivity contribution in [3.8, 4) is 0 Å². The molecule has 0 saturated carbocycles. The molecule has 0 aromatic heterocycles. The van der Waals surface area contributed by atoms with E-state index in [1.165, 1.54) is 0 Å². The van der Waals surface area contributed by atoms with E-state index < -0.39 is 11.9 Å². The lowest BCUT2D eigenvalue weighted by Gasteiger charge is -2.33. The summed E-state index contributed by atoms with van der Waals surface area (Å²) >= 11 is 1.84.